The van der Waals surface area contributed by atoms with E-state index in [1.807, 2.05) is 43.5 Å². The summed E-state index contributed by atoms with van der Waals surface area (Å²) in [5.74, 6) is 0.194. The topological polar surface area (TPSA) is 58.4 Å². The predicted octanol–water partition coefficient (Wildman–Crippen LogP) is 4.09. The van der Waals surface area contributed by atoms with E-state index in [0.29, 0.717) is 12.3 Å². The third kappa shape index (κ3) is 3.88. The number of piperidine rings is 1. The van der Waals surface area contributed by atoms with Gasteiger partial charge in [0.05, 0.1) is 6.04 Å². The van der Waals surface area contributed by atoms with Gasteiger partial charge in [-0.05, 0) is 56.1 Å². The quantitative estimate of drug-likeness (QED) is 0.742. The van der Waals surface area contributed by atoms with Gasteiger partial charge in [0, 0.05) is 24.3 Å². The molecule has 1 fully saturated rings. The van der Waals surface area contributed by atoms with Gasteiger partial charge >= 0.3 is 0 Å². The fourth-order valence-electron chi connectivity index (χ4n) is 3.86. The third-order valence-corrected chi connectivity index (χ3v) is 5.32. The average molecular weight is 363 g/mol. The standard InChI is InChI=1S/C22H25N3O2/c1-16-7-5-8-17-13-20(27-21(16)17)22(26)24-15-19(18-9-6-10-23-14-18)25-11-3-2-4-12-25/h5-10,13-14,19H,2-4,11-12,15H2,1H3,(H,24,26)/t19-/m1/s1. The second-order valence-corrected chi connectivity index (χ2v) is 7.21. The summed E-state index contributed by atoms with van der Waals surface area (Å²) in [6.45, 7) is 4.64. The number of aryl methyl sites for hydroxylation is 1. The summed E-state index contributed by atoms with van der Waals surface area (Å²) in [4.78, 5) is 19.4. The van der Waals surface area contributed by atoms with E-state index in [1.54, 1.807) is 6.20 Å². The number of furan rings is 1. The monoisotopic (exact) mass is 363 g/mol. The molecular weight excluding hydrogens is 338 g/mol. The summed E-state index contributed by atoms with van der Waals surface area (Å²) < 4.78 is 5.81. The van der Waals surface area contributed by atoms with E-state index in [4.69, 9.17) is 4.42 Å². The van der Waals surface area contributed by atoms with Crippen LogP contribution >= 0.6 is 0 Å². The van der Waals surface area contributed by atoms with E-state index in [1.165, 1.54) is 19.3 Å². The van der Waals surface area contributed by atoms with Crippen molar-refractivity contribution in [2.45, 2.75) is 32.2 Å². The molecule has 0 radical (unpaired) electrons. The number of pyridine rings is 1. The smallest absolute Gasteiger partial charge is 0.287 e. The van der Waals surface area contributed by atoms with Gasteiger partial charge in [0.15, 0.2) is 5.76 Å². The summed E-state index contributed by atoms with van der Waals surface area (Å²) in [7, 11) is 0. The average Bonchev–Trinajstić information content (AvgIpc) is 3.16. The minimum absolute atomic E-state index is 0.133. The van der Waals surface area contributed by atoms with Crippen molar-refractivity contribution in [1.82, 2.24) is 15.2 Å². The summed E-state index contributed by atoms with van der Waals surface area (Å²) in [5.41, 5.74) is 2.95. The lowest BCUT2D eigenvalue weighted by atomic mass is 10.0. The minimum atomic E-state index is -0.170. The highest BCUT2D eigenvalue weighted by molar-refractivity contribution is 5.96. The number of rotatable bonds is 5. The van der Waals surface area contributed by atoms with Gasteiger partial charge in [0.25, 0.3) is 5.91 Å². The van der Waals surface area contributed by atoms with Gasteiger partial charge in [-0.2, -0.15) is 0 Å². The van der Waals surface area contributed by atoms with E-state index >= 15 is 0 Å². The molecule has 140 valence electrons. The fourth-order valence-corrected chi connectivity index (χ4v) is 3.86. The molecule has 1 aliphatic rings. The van der Waals surface area contributed by atoms with Gasteiger partial charge in [-0.1, -0.05) is 30.7 Å². The van der Waals surface area contributed by atoms with Crippen molar-refractivity contribution in [2.24, 2.45) is 0 Å². The molecule has 1 atom stereocenters. The number of amides is 1. The molecule has 4 rings (SSSR count). The Morgan fingerprint density at radius 3 is 2.81 bits per heavy atom. The SMILES string of the molecule is Cc1cccc2cc(C(=O)NC[C@H](c3cccnc3)N3CCCCC3)oc12. The number of nitrogens with zero attached hydrogens (tertiary/aromatic N) is 2. The van der Waals surface area contributed by atoms with Crippen LogP contribution in [0.15, 0.2) is 53.2 Å². The maximum atomic E-state index is 12.7. The van der Waals surface area contributed by atoms with Crippen molar-refractivity contribution < 1.29 is 9.21 Å². The Kier molecular flexibility index (Phi) is 5.21. The molecule has 5 heteroatoms. The van der Waals surface area contributed by atoms with E-state index < -0.39 is 0 Å². The zero-order valence-corrected chi connectivity index (χ0v) is 15.6. The molecule has 3 aromatic rings. The first-order valence-electron chi connectivity index (χ1n) is 9.64. The van der Waals surface area contributed by atoms with Gasteiger partial charge in [-0.3, -0.25) is 14.7 Å². The lowest BCUT2D eigenvalue weighted by Gasteiger charge is -2.34. The van der Waals surface area contributed by atoms with Crippen molar-refractivity contribution in [2.75, 3.05) is 19.6 Å². The van der Waals surface area contributed by atoms with Crippen LogP contribution in [0.3, 0.4) is 0 Å². The van der Waals surface area contributed by atoms with Crippen LogP contribution in [0.25, 0.3) is 11.0 Å². The zero-order valence-electron chi connectivity index (χ0n) is 15.6. The number of likely N-dealkylation sites (tertiary alicyclic amines) is 1. The zero-order chi connectivity index (χ0) is 18.6. The van der Waals surface area contributed by atoms with Gasteiger partial charge in [0.2, 0.25) is 0 Å². The molecule has 27 heavy (non-hydrogen) atoms. The van der Waals surface area contributed by atoms with Crippen LogP contribution in [-0.4, -0.2) is 35.4 Å². The molecule has 1 aliphatic heterocycles. The predicted molar refractivity (Wildman–Crippen MR) is 106 cm³/mol. The van der Waals surface area contributed by atoms with Crippen LogP contribution in [0.5, 0.6) is 0 Å². The lowest BCUT2D eigenvalue weighted by molar-refractivity contribution is 0.0899. The number of benzene rings is 1. The summed E-state index contributed by atoms with van der Waals surface area (Å²) in [5, 5.41) is 4.03. The van der Waals surface area contributed by atoms with E-state index in [0.717, 1.165) is 35.2 Å². The summed E-state index contributed by atoms with van der Waals surface area (Å²) in [6, 6.07) is 11.9. The molecule has 0 bridgehead atoms. The Morgan fingerprint density at radius 2 is 2.07 bits per heavy atom. The highest BCUT2D eigenvalue weighted by Gasteiger charge is 2.24. The van der Waals surface area contributed by atoms with E-state index in [2.05, 4.69) is 21.3 Å². The second kappa shape index (κ2) is 7.92. The van der Waals surface area contributed by atoms with Crippen LogP contribution in [0.1, 0.15) is 47.0 Å². The van der Waals surface area contributed by atoms with Crippen LogP contribution in [0.2, 0.25) is 0 Å². The van der Waals surface area contributed by atoms with Crippen LogP contribution in [-0.2, 0) is 0 Å². The highest BCUT2D eigenvalue weighted by Crippen LogP contribution is 2.25. The largest absolute Gasteiger partial charge is 0.451 e. The molecule has 1 amide bonds. The Morgan fingerprint density at radius 1 is 1.22 bits per heavy atom. The molecule has 1 saturated heterocycles. The van der Waals surface area contributed by atoms with Crippen LogP contribution in [0, 0.1) is 6.92 Å². The maximum absolute atomic E-state index is 12.7. The number of hydrogen-bond acceptors (Lipinski definition) is 4. The third-order valence-electron chi connectivity index (χ3n) is 5.32. The number of carbonyl (C=O) groups is 1. The van der Waals surface area contributed by atoms with Crippen molar-refractivity contribution >= 4 is 16.9 Å². The molecule has 2 aromatic heterocycles. The van der Waals surface area contributed by atoms with Gasteiger partial charge in [-0.15, -0.1) is 0 Å². The molecular formula is C22H25N3O2. The fraction of sp³-hybridized carbons (Fsp3) is 0.364. The van der Waals surface area contributed by atoms with E-state index in [9.17, 15) is 4.79 Å². The van der Waals surface area contributed by atoms with Crippen molar-refractivity contribution in [3.05, 3.63) is 65.7 Å². The molecule has 1 aromatic carbocycles. The number of para-hydroxylation sites is 1. The van der Waals surface area contributed by atoms with Crippen molar-refractivity contribution in [3.8, 4) is 0 Å². The number of fused-ring (bicyclic) bond motifs is 1. The Labute approximate surface area is 159 Å². The molecule has 5 nitrogen and oxygen atoms in total. The molecule has 3 heterocycles. The first-order chi connectivity index (χ1) is 13.2. The summed E-state index contributed by atoms with van der Waals surface area (Å²) >= 11 is 0. The van der Waals surface area contributed by atoms with Gasteiger partial charge in [0.1, 0.15) is 5.58 Å². The van der Waals surface area contributed by atoms with Crippen molar-refractivity contribution in [3.63, 3.8) is 0 Å². The second-order valence-electron chi connectivity index (χ2n) is 7.21. The Bertz CT molecular complexity index is 914. The van der Waals surface area contributed by atoms with Gasteiger partial charge < -0.3 is 9.73 Å². The van der Waals surface area contributed by atoms with Crippen LogP contribution < -0.4 is 5.32 Å². The molecule has 0 saturated carbocycles. The molecule has 0 spiro atoms. The maximum Gasteiger partial charge on any atom is 0.287 e. The highest BCUT2D eigenvalue weighted by atomic mass is 16.3. The molecule has 0 unspecified atom stereocenters. The van der Waals surface area contributed by atoms with Crippen molar-refractivity contribution in [1.29, 1.82) is 0 Å². The van der Waals surface area contributed by atoms with Crippen LogP contribution in [0.4, 0.5) is 0 Å². The number of nitrogens with one attached hydrogen (secondary N) is 1. The minimum Gasteiger partial charge on any atom is -0.451 e. The van der Waals surface area contributed by atoms with Gasteiger partial charge in [-0.25, -0.2) is 0 Å². The Hall–Kier alpha value is -2.66. The number of aromatic nitrogens is 1. The number of hydrogen-bond donors (Lipinski definition) is 1. The summed E-state index contributed by atoms with van der Waals surface area (Å²) in [6.07, 6.45) is 7.37. The first kappa shape index (κ1) is 17.7. The Balaban J connectivity index is 1.50. The normalized spacial score (nSPS) is 16.3. The first-order valence-corrected chi connectivity index (χ1v) is 9.64. The number of carbonyl (C=O) groups excluding carboxylic acids is 1. The molecule has 1 N–H and O–H groups in total. The lowest BCUT2D eigenvalue weighted by Crippen LogP contribution is -2.40. The molecule has 0 aliphatic carbocycles. The van der Waals surface area contributed by atoms with E-state index in [-0.39, 0.29) is 11.9 Å².